The number of rotatable bonds is 4. The summed E-state index contributed by atoms with van der Waals surface area (Å²) in [6.45, 7) is 0.162. The third-order valence-corrected chi connectivity index (χ3v) is 5.71. The van der Waals surface area contributed by atoms with Crippen LogP contribution in [0, 0.1) is 0 Å². The summed E-state index contributed by atoms with van der Waals surface area (Å²) in [6, 6.07) is 11.1. The molecule has 4 rings (SSSR count). The van der Waals surface area contributed by atoms with Crippen molar-refractivity contribution in [3.63, 3.8) is 0 Å². The van der Waals surface area contributed by atoms with Crippen molar-refractivity contribution in [1.82, 2.24) is 4.57 Å². The van der Waals surface area contributed by atoms with Gasteiger partial charge in [-0.1, -0.05) is 33.3 Å². The minimum absolute atomic E-state index is 0.0316. The van der Waals surface area contributed by atoms with Crippen LogP contribution in [0.1, 0.15) is 5.56 Å². The Morgan fingerprint density at radius 2 is 2.07 bits per heavy atom. The molecular formula is C20H15BrN2O5S. The smallest absolute Gasteiger partial charge is 0.325 e. The molecule has 0 spiro atoms. The SMILES string of the molecule is COC(=O)Cn1c(=NC(=O)/C=C\c2ccc3c(c2)OCO3)sc2cc(Br)ccc21. The molecule has 148 valence electrons. The van der Waals surface area contributed by atoms with Crippen LogP contribution in [0.4, 0.5) is 0 Å². The highest BCUT2D eigenvalue weighted by molar-refractivity contribution is 9.10. The van der Waals surface area contributed by atoms with E-state index >= 15 is 0 Å². The highest BCUT2D eigenvalue weighted by Crippen LogP contribution is 2.32. The van der Waals surface area contributed by atoms with Gasteiger partial charge in [-0.15, -0.1) is 0 Å². The second-order valence-corrected chi connectivity index (χ2v) is 7.98. The summed E-state index contributed by atoms with van der Waals surface area (Å²) in [5.41, 5.74) is 1.59. The Balaban J connectivity index is 1.66. The number of nitrogens with zero attached hydrogens (tertiary/aromatic N) is 2. The van der Waals surface area contributed by atoms with E-state index in [2.05, 4.69) is 20.9 Å². The van der Waals surface area contributed by atoms with Crippen molar-refractivity contribution in [2.24, 2.45) is 4.99 Å². The number of fused-ring (bicyclic) bond motifs is 2. The highest BCUT2D eigenvalue weighted by atomic mass is 79.9. The van der Waals surface area contributed by atoms with Gasteiger partial charge in [0.05, 0.1) is 17.3 Å². The number of hydrogen-bond acceptors (Lipinski definition) is 6. The molecule has 1 amide bonds. The van der Waals surface area contributed by atoms with E-state index < -0.39 is 11.9 Å². The molecule has 0 unspecified atom stereocenters. The first kappa shape index (κ1) is 19.4. The van der Waals surface area contributed by atoms with Gasteiger partial charge in [-0.3, -0.25) is 9.59 Å². The van der Waals surface area contributed by atoms with Crippen molar-refractivity contribution in [2.45, 2.75) is 6.54 Å². The Labute approximate surface area is 178 Å². The number of amides is 1. The van der Waals surface area contributed by atoms with E-state index in [0.717, 1.165) is 20.3 Å². The van der Waals surface area contributed by atoms with Gasteiger partial charge in [0.2, 0.25) is 6.79 Å². The van der Waals surface area contributed by atoms with Crippen LogP contribution < -0.4 is 14.3 Å². The van der Waals surface area contributed by atoms with Gasteiger partial charge < -0.3 is 18.8 Å². The van der Waals surface area contributed by atoms with E-state index in [1.807, 2.05) is 24.3 Å². The van der Waals surface area contributed by atoms with E-state index in [1.54, 1.807) is 22.8 Å². The average Bonchev–Trinajstić information content (AvgIpc) is 3.30. The van der Waals surface area contributed by atoms with E-state index in [-0.39, 0.29) is 13.3 Å². The summed E-state index contributed by atoms with van der Waals surface area (Å²) in [4.78, 5) is 28.8. The Morgan fingerprint density at radius 1 is 1.24 bits per heavy atom. The number of ether oxygens (including phenoxy) is 3. The van der Waals surface area contributed by atoms with Gasteiger partial charge in [-0.05, 0) is 42.0 Å². The molecule has 0 fully saturated rings. The monoisotopic (exact) mass is 474 g/mol. The Kier molecular flexibility index (Phi) is 5.50. The van der Waals surface area contributed by atoms with E-state index in [1.165, 1.54) is 24.5 Å². The average molecular weight is 475 g/mol. The molecule has 7 nitrogen and oxygen atoms in total. The Bertz CT molecular complexity index is 1210. The van der Waals surface area contributed by atoms with E-state index in [0.29, 0.717) is 16.3 Å². The van der Waals surface area contributed by atoms with E-state index in [4.69, 9.17) is 14.2 Å². The van der Waals surface area contributed by atoms with Crippen LogP contribution in [-0.4, -0.2) is 30.3 Å². The zero-order chi connectivity index (χ0) is 20.4. The fourth-order valence-corrected chi connectivity index (χ4v) is 4.38. The van der Waals surface area contributed by atoms with Crippen LogP contribution in [0.5, 0.6) is 11.5 Å². The van der Waals surface area contributed by atoms with Crippen molar-refractivity contribution in [3.8, 4) is 11.5 Å². The van der Waals surface area contributed by atoms with Crippen molar-refractivity contribution >= 4 is 55.4 Å². The lowest BCUT2D eigenvalue weighted by Crippen LogP contribution is -2.22. The predicted molar refractivity (Wildman–Crippen MR) is 112 cm³/mol. The molecule has 0 aliphatic carbocycles. The van der Waals surface area contributed by atoms with Gasteiger partial charge >= 0.3 is 5.97 Å². The number of esters is 1. The lowest BCUT2D eigenvalue weighted by Gasteiger charge is -2.03. The van der Waals surface area contributed by atoms with Crippen LogP contribution >= 0.6 is 27.3 Å². The molecule has 0 atom stereocenters. The molecule has 2 aromatic carbocycles. The van der Waals surface area contributed by atoms with Crippen LogP contribution in [0.25, 0.3) is 16.3 Å². The van der Waals surface area contributed by atoms with Gasteiger partial charge in [0.25, 0.3) is 5.91 Å². The molecule has 0 radical (unpaired) electrons. The summed E-state index contributed by atoms with van der Waals surface area (Å²) in [7, 11) is 1.32. The Hall–Kier alpha value is -2.91. The maximum atomic E-state index is 12.4. The number of methoxy groups -OCH3 is 1. The van der Waals surface area contributed by atoms with Crippen molar-refractivity contribution in [2.75, 3.05) is 13.9 Å². The van der Waals surface area contributed by atoms with Gasteiger partial charge in [0, 0.05) is 10.5 Å². The third-order valence-electron chi connectivity index (χ3n) is 4.18. The highest BCUT2D eigenvalue weighted by Gasteiger charge is 2.13. The zero-order valence-corrected chi connectivity index (χ0v) is 17.7. The van der Waals surface area contributed by atoms with Gasteiger partial charge in [-0.25, -0.2) is 0 Å². The standard InChI is InChI=1S/C20H15BrN2O5S/c1-26-19(25)10-23-14-5-4-13(21)9-17(14)29-20(23)22-18(24)7-3-12-2-6-15-16(8-12)28-11-27-15/h2-9H,10-11H2,1H3/b7-3-,22-20?. The molecule has 3 aromatic rings. The number of carbonyl (C=O) groups excluding carboxylic acids is 2. The summed E-state index contributed by atoms with van der Waals surface area (Å²) >= 11 is 4.76. The van der Waals surface area contributed by atoms with Crippen molar-refractivity contribution in [1.29, 1.82) is 0 Å². The van der Waals surface area contributed by atoms with Crippen LogP contribution in [-0.2, 0) is 20.9 Å². The van der Waals surface area contributed by atoms with Crippen LogP contribution in [0.3, 0.4) is 0 Å². The number of aromatic nitrogens is 1. The number of thiazole rings is 1. The van der Waals surface area contributed by atoms with E-state index in [9.17, 15) is 9.59 Å². The Morgan fingerprint density at radius 3 is 2.90 bits per heavy atom. The summed E-state index contributed by atoms with van der Waals surface area (Å²) < 4.78 is 18.8. The molecule has 0 saturated carbocycles. The molecule has 9 heteroatoms. The van der Waals surface area contributed by atoms with Crippen molar-refractivity contribution in [3.05, 3.63) is 57.3 Å². The molecule has 29 heavy (non-hydrogen) atoms. The molecule has 1 aromatic heterocycles. The number of halogens is 1. The summed E-state index contributed by atoms with van der Waals surface area (Å²) in [6.07, 6.45) is 3.03. The first-order valence-electron chi connectivity index (χ1n) is 8.55. The third kappa shape index (κ3) is 4.25. The lowest BCUT2D eigenvalue weighted by molar-refractivity contribution is -0.141. The predicted octanol–water partition coefficient (Wildman–Crippen LogP) is 3.51. The normalized spacial score (nSPS) is 13.4. The molecule has 0 N–H and O–H groups in total. The van der Waals surface area contributed by atoms with Gasteiger partial charge in [0.15, 0.2) is 16.3 Å². The minimum Gasteiger partial charge on any atom is -0.468 e. The fourth-order valence-electron chi connectivity index (χ4n) is 2.79. The second-order valence-electron chi connectivity index (χ2n) is 6.06. The lowest BCUT2D eigenvalue weighted by atomic mass is 10.2. The molecule has 0 bridgehead atoms. The maximum Gasteiger partial charge on any atom is 0.325 e. The zero-order valence-electron chi connectivity index (χ0n) is 15.3. The quantitative estimate of drug-likeness (QED) is 0.427. The molecular weight excluding hydrogens is 460 g/mol. The number of hydrogen-bond donors (Lipinski definition) is 0. The first-order chi connectivity index (χ1) is 14.0. The van der Waals surface area contributed by atoms with Crippen LogP contribution in [0.15, 0.2) is 51.9 Å². The topological polar surface area (TPSA) is 79.1 Å². The fraction of sp³-hybridized carbons (Fsp3) is 0.150. The van der Waals surface area contributed by atoms with Gasteiger partial charge in [0.1, 0.15) is 6.54 Å². The molecule has 1 aliphatic rings. The maximum absolute atomic E-state index is 12.4. The van der Waals surface area contributed by atoms with Crippen molar-refractivity contribution < 1.29 is 23.8 Å². The number of carbonyl (C=O) groups is 2. The molecule has 1 aliphatic heterocycles. The van der Waals surface area contributed by atoms with Crippen LogP contribution in [0.2, 0.25) is 0 Å². The second kappa shape index (κ2) is 8.22. The largest absolute Gasteiger partial charge is 0.468 e. The minimum atomic E-state index is -0.438. The number of benzene rings is 2. The summed E-state index contributed by atoms with van der Waals surface area (Å²) in [5.74, 6) is 0.463. The summed E-state index contributed by atoms with van der Waals surface area (Å²) in [5, 5.41) is 0. The van der Waals surface area contributed by atoms with Gasteiger partial charge in [-0.2, -0.15) is 4.99 Å². The molecule has 0 saturated heterocycles. The molecule has 2 heterocycles. The first-order valence-corrected chi connectivity index (χ1v) is 10.2.